The molecule has 1 aromatic heterocycles. The predicted molar refractivity (Wildman–Crippen MR) is 110 cm³/mol. The summed E-state index contributed by atoms with van der Waals surface area (Å²) in [6, 6.07) is 17.9. The highest BCUT2D eigenvalue weighted by Crippen LogP contribution is 2.27. The van der Waals surface area contributed by atoms with Gasteiger partial charge in [-0.25, -0.2) is 4.98 Å². The van der Waals surface area contributed by atoms with E-state index >= 15 is 0 Å². The maximum absolute atomic E-state index is 6.08. The van der Waals surface area contributed by atoms with Crippen LogP contribution in [0.25, 0.3) is 11.3 Å². The van der Waals surface area contributed by atoms with Gasteiger partial charge in [0.25, 0.3) is 0 Å². The minimum absolute atomic E-state index is 0.692. The summed E-state index contributed by atoms with van der Waals surface area (Å²) >= 11 is 6.08. The van der Waals surface area contributed by atoms with Crippen LogP contribution in [-0.4, -0.2) is 36.3 Å². The van der Waals surface area contributed by atoms with Crippen molar-refractivity contribution in [3.05, 3.63) is 65.2 Å². The Hall–Kier alpha value is -2.63. The van der Waals surface area contributed by atoms with Gasteiger partial charge >= 0.3 is 0 Å². The second-order valence-electron chi connectivity index (χ2n) is 6.49. The average Bonchev–Trinajstić information content (AvgIpc) is 2.71. The van der Waals surface area contributed by atoms with Crippen LogP contribution < -0.4 is 10.2 Å². The Bertz CT molecular complexity index is 927. The van der Waals surface area contributed by atoms with E-state index in [4.69, 9.17) is 26.3 Å². The van der Waals surface area contributed by atoms with Gasteiger partial charge < -0.3 is 15.0 Å². The first-order valence-corrected chi connectivity index (χ1v) is 9.37. The summed E-state index contributed by atoms with van der Waals surface area (Å²) in [4.78, 5) is 11.7. The minimum atomic E-state index is 0.692. The van der Waals surface area contributed by atoms with Crippen LogP contribution in [0, 0.1) is 6.92 Å². The third kappa shape index (κ3) is 4.21. The SMILES string of the molecule is Cc1cc(Cl)ccc1Nc1cc(-c2ccccc2)nc(N2CCOCC2)n1. The number of anilines is 3. The zero-order valence-corrected chi connectivity index (χ0v) is 15.9. The van der Waals surface area contributed by atoms with Gasteiger partial charge in [0, 0.05) is 35.4 Å². The molecule has 0 amide bonds. The highest BCUT2D eigenvalue weighted by atomic mass is 35.5. The van der Waals surface area contributed by atoms with Gasteiger partial charge in [-0.1, -0.05) is 41.9 Å². The topological polar surface area (TPSA) is 50.3 Å². The molecule has 0 spiro atoms. The number of nitrogens with zero attached hydrogens (tertiary/aromatic N) is 3. The normalized spacial score (nSPS) is 14.2. The Labute approximate surface area is 164 Å². The Morgan fingerprint density at radius 3 is 2.52 bits per heavy atom. The van der Waals surface area contributed by atoms with E-state index in [9.17, 15) is 0 Å². The van der Waals surface area contributed by atoms with Gasteiger partial charge in [-0.3, -0.25) is 0 Å². The third-order valence-electron chi connectivity index (χ3n) is 4.53. The number of rotatable bonds is 4. The molecule has 5 nitrogen and oxygen atoms in total. The maximum Gasteiger partial charge on any atom is 0.228 e. The number of morpholine rings is 1. The Kier molecular flexibility index (Phi) is 5.23. The van der Waals surface area contributed by atoms with Crippen LogP contribution >= 0.6 is 11.6 Å². The number of nitrogens with one attached hydrogen (secondary N) is 1. The molecule has 4 rings (SSSR count). The van der Waals surface area contributed by atoms with Crippen molar-refractivity contribution in [1.82, 2.24) is 9.97 Å². The third-order valence-corrected chi connectivity index (χ3v) is 4.76. The number of aromatic nitrogens is 2. The summed E-state index contributed by atoms with van der Waals surface area (Å²) in [7, 11) is 0. The number of benzene rings is 2. The van der Waals surface area contributed by atoms with E-state index in [0.29, 0.717) is 19.2 Å². The van der Waals surface area contributed by atoms with Gasteiger partial charge in [0.1, 0.15) is 5.82 Å². The van der Waals surface area contributed by atoms with Crippen molar-refractivity contribution in [3.8, 4) is 11.3 Å². The lowest BCUT2D eigenvalue weighted by Gasteiger charge is -2.27. The molecule has 1 N–H and O–H groups in total. The Morgan fingerprint density at radius 1 is 1.00 bits per heavy atom. The van der Waals surface area contributed by atoms with E-state index in [-0.39, 0.29) is 0 Å². The molecule has 0 radical (unpaired) electrons. The molecule has 1 saturated heterocycles. The fraction of sp³-hybridized carbons (Fsp3) is 0.238. The average molecular weight is 381 g/mol. The molecule has 0 aliphatic carbocycles. The van der Waals surface area contributed by atoms with Crippen molar-refractivity contribution in [3.63, 3.8) is 0 Å². The number of ether oxygens (including phenoxy) is 1. The predicted octanol–water partition coefficient (Wildman–Crippen LogP) is 4.69. The quantitative estimate of drug-likeness (QED) is 0.711. The molecule has 1 fully saturated rings. The molecule has 27 heavy (non-hydrogen) atoms. The fourth-order valence-corrected chi connectivity index (χ4v) is 3.29. The first kappa shape index (κ1) is 17.8. The molecular weight excluding hydrogens is 360 g/mol. The molecule has 2 heterocycles. The molecule has 2 aromatic carbocycles. The molecule has 138 valence electrons. The largest absolute Gasteiger partial charge is 0.378 e. The van der Waals surface area contributed by atoms with Gasteiger partial charge in [-0.05, 0) is 30.7 Å². The van der Waals surface area contributed by atoms with E-state index in [1.54, 1.807) is 0 Å². The summed E-state index contributed by atoms with van der Waals surface area (Å²) < 4.78 is 5.46. The van der Waals surface area contributed by atoms with E-state index in [1.807, 2.05) is 49.4 Å². The van der Waals surface area contributed by atoms with Crippen LogP contribution in [0.15, 0.2) is 54.6 Å². The van der Waals surface area contributed by atoms with Gasteiger partial charge in [0.05, 0.1) is 18.9 Å². The van der Waals surface area contributed by atoms with Crippen molar-refractivity contribution < 1.29 is 4.74 Å². The van der Waals surface area contributed by atoms with E-state index in [2.05, 4.69) is 22.3 Å². The first-order chi connectivity index (χ1) is 13.2. The van der Waals surface area contributed by atoms with Gasteiger partial charge in [-0.15, -0.1) is 0 Å². The number of aryl methyl sites for hydroxylation is 1. The minimum Gasteiger partial charge on any atom is -0.378 e. The molecular formula is C21H21ClN4O. The van der Waals surface area contributed by atoms with Gasteiger partial charge in [-0.2, -0.15) is 4.98 Å². The van der Waals surface area contributed by atoms with Crippen LogP contribution in [0.4, 0.5) is 17.5 Å². The van der Waals surface area contributed by atoms with Crippen LogP contribution in [-0.2, 0) is 4.74 Å². The van der Waals surface area contributed by atoms with Crippen molar-refractivity contribution in [2.45, 2.75) is 6.92 Å². The molecule has 0 saturated carbocycles. The lowest BCUT2D eigenvalue weighted by molar-refractivity contribution is 0.122. The summed E-state index contributed by atoms with van der Waals surface area (Å²) in [5.74, 6) is 1.48. The molecule has 3 aromatic rings. The van der Waals surface area contributed by atoms with Crippen molar-refractivity contribution in [2.24, 2.45) is 0 Å². The molecule has 6 heteroatoms. The summed E-state index contributed by atoms with van der Waals surface area (Å²) in [5, 5.41) is 4.14. The van der Waals surface area contributed by atoms with Crippen LogP contribution in [0.5, 0.6) is 0 Å². The lowest BCUT2D eigenvalue weighted by Crippen LogP contribution is -2.37. The fourth-order valence-electron chi connectivity index (χ4n) is 3.07. The lowest BCUT2D eigenvalue weighted by atomic mass is 10.1. The van der Waals surface area contributed by atoms with Crippen molar-refractivity contribution >= 4 is 29.1 Å². The van der Waals surface area contributed by atoms with Crippen molar-refractivity contribution in [2.75, 3.05) is 36.5 Å². The van der Waals surface area contributed by atoms with Gasteiger partial charge in [0.15, 0.2) is 0 Å². The Morgan fingerprint density at radius 2 is 1.78 bits per heavy atom. The standard InChI is InChI=1S/C21H21ClN4O/c1-15-13-17(22)7-8-18(15)23-20-14-19(16-5-3-2-4-6-16)24-21(25-20)26-9-11-27-12-10-26/h2-8,13-14H,9-12H2,1H3,(H,23,24,25). The zero-order valence-electron chi connectivity index (χ0n) is 15.2. The van der Waals surface area contributed by atoms with E-state index in [1.165, 1.54) is 0 Å². The second kappa shape index (κ2) is 7.94. The molecule has 0 atom stereocenters. The molecule has 1 aliphatic heterocycles. The highest BCUT2D eigenvalue weighted by Gasteiger charge is 2.16. The van der Waals surface area contributed by atoms with Crippen LogP contribution in [0.1, 0.15) is 5.56 Å². The first-order valence-electron chi connectivity index (χ1n) is 8.99. The van der Waals surface area contributed by atoms with Crippen LogP contribution in [0.3, 0.4) is 0 Å². The zero-order chi connectivity index (χ0) is 18.6. The van der Waals surface area contributed by atoms with E-state index in [0.717, 1.165) is 46.4 Å². The summed E-state index contributed by atoms with van der Waals surface area (Å²) in [5.41, 5.74) is 3.99. The van der Waals surface area contributed by atoms with Crippen molar-refractivity contribution in [1.29, 1.82) is 0 Å². The Balaban J connectivity index is 1.73. The van der Waals surface area contributed by atoms with E-state index < -0.39 is 0 Å². The number of hydrogen-bond acceptors (Lipinski definition) is 5. The molecule has 0 bridgehead atoms. The molecule has 1 aliphatic rings. The van der Waals surface area contributed by atoms with Crippen LogP contribution in [0.2, 0.25) is 5.02 Å². The highest BCUT2D eigenvalue weighted by molar-refractivity contribution is 6.30. The number of halogens is 1. The summed E-state index contributed by atoms with van der Waals surface area (Å²) in [6.45, 7) is 4.99. The second-order valence-corrected chi connectivity index (χ2v) is 6.92. The smallest absolute Gasteiger partial charge is 0.228 e. The maximum atomic E-state index is 6.08. The monoisotopic (exact) mass is 380 g/mol. The van der Waals surface area contributed by atoms with Gasteiger partial charge in [0.2, 0.25) is 5.95 Å². The summed E-state index contributed by atoms with van der Waals surface area (Å²) in [6.07, 6.45) is 0. The molecule has 0 unspecified atom stereocenters. The number of hydrogen-bond donors (Lipinski definition) is 1.